The maximum Gasteiger partial charge on any atom is 0.302 e. The van der Waals surface area contributed by atoms with Crippen LogP contribution in [0.15, 0.2) is 12.1 Å². The van der Waals surface area contributed by atoms with Crippen LogP contribution in [0.1, 0.15) is 22.8 Å². The summed E-state index contributed by atoms with van der Waals surface area (Å²) < 4.78 is 0.585. The van der Waals surface area contributed by atoms with Crippen LogP contribution >= 0.6 is 23.7 Å². The highest BCUT2D eigenvalue weighted by atomic mass is 35.5. The molecule has 132 valence electrons. The van der Waals surface area contributed by atoms with Crippen LogP contribution in [0, 0.1) is 11.3 Å². The molecule has 0 radical (unpaired) electrons. The molecule has 1 aromatic carbocycles. The van der Waals surface area contributed by atoms with Gasteiger partial charge < -0.3 is 15.3 Å². The van der Waals surface area contributed by atoms with Gasteiger partial charge in [-0.3, -0.25) is 14.4 Å². The summed E-state index contributed by atoms with van der Waals surface area (Å²) in [7, 11) is 3.65. The highest BCUT2D eigenvalue weighted by Crippen LogP contribution is 2.41. The van der Waals surface area contributed by atoms with E-state index in [2.05, 4.69) is 5.32 Å². The summed E-state index contributed by atoms with van der Waals surface area (Å²) in [4.78, 5) is 37.1. The number of hydrogen-bond donors (Lipinski definition) is 2. The summed E-state index contributed by atoms with van der Waals surface area (Å²) in [5.41, 5.74) is 0.564. The maximum absolute atomic E-state index is 12.3. The number of nitrogens with one attached hydrogen (secondary N) is 1. The van der Waals surface area contributed by atoms with Crippen molar-refractivity contribution in [3.63, 3.8) is 0 Å². The molecule has 0 unspecified atom stereocenters. The number of nitrogens with zero attached hydrogens (tertiary/aromatic N) is 2. The van der Waals surface area contributed by atoms with Gasteiger partial charge >= 0.3 is 5.78 Å². The first-order chi connectivity index (χ1) is 11.3. The standard InChI is InChI=1S/C16H15N3O4S.ClH/c1-8(20)18-16-13(14(23)12(22)6-17)9-4-5-11(21)10(7-19(2)3)15(9)24-16;/h4-5,21H,7H2,1-3H3,(H,18,20);1H. The molecule has 1 heterocycles. The summed E-state index contributed by atoms with van der Waals surface area (Å²) in [5.74, 6) is -2.53. The molecule has 2 rings (SSSR count). The van der Waals surface area contributed by atoms with Crippen molar-refractivity contribution in [2.45, 2.75) is 13.5 Å². The molecule has 9 heteroatoms. The molecule has 0 atom stereocenters. The van der Waals surface area contributed by atoms with Gasteiger partial charge in [-0.05, 0) is 26.2 Å². The summed E-state index contributed by atoms with van der Waals surface area (Å²) >= 11 is 1.09. The van der Waals surface area contributed by atoms with Crippen LogP contribution in [-0.2, 0) is 16.1 Å². The molecule has 2 aromatic rings. The van der Waals surface area contributed by atoms with Gasteiger partial charge in [-0.25, -0.2) is 0 Å². The lowest BCUT2D eigenvalue weighted by Gasteiger charge is -2.12. The van der Waals surface area contributed by atoms with E-state index in [1.54, 1.807) is 0 Å². The minimum atomic E-state index is -1.21. The number of aromatic hydroxyl groups is 1. The highest BCUT2D eigenvalue weighted by Gasteiger charge is 2.27. The third-order valence-corrected chi connectivity index (χ3v) is 4.42. The van der Waals surface area contributed by atoms with E-state index in [1.807, 2.05) is 19.0 Å². The zero-order valence-corrected chi connectivity index (χ0v) is 15.4. The van der Waals surface area contributed by atoms with Crippen molar-refractivity contribution in [3.05, 3.63) is 23.3 Å². The Labute approximate surface area is 154 Å². The number of hydrogen-bond acceptors (Lipinski definition) is 7. The first-order valence-electron chi connectivity index (χ1n) is 6.94. The average Bonchev–Trinajstić information content (AvgIpc) is 2.85. The van der Waals surface area contributed by atoms with E-state index >= 15 is 0 Å². The van der Waals surface area contributed by atoms with Gasteiger partial charge in [-0.1, -0.05) is 0 Å². The van der Waals surface area contributed by atoms with E-state index in [4.69, 9.17) is 5.26 Å². The van der Waals surface area contributed by atoms with E-state index in [9.17, 15) is 19.5 Å². The lowest BCUT2D eigenvalue weighted by Crippen LogP contribution is -2.15. The molecular weight excluding hydrogens is 366 g/mol. The van der Waals surface area contributed by atoms with E-state index < -0.39 is 17.5 Å². The summed E-state index contributed by atoms with van der Waals surface area (Å²) in [6.07, 6.45) is 0. The smallest absolute Gasteiger partial charge is 0.302 e. The molecule has 0 saturated carbocycles. The van der Waals surface area contributed by atoms with Crippen molar-refractivity contribution in [1.82, 2.24) is 4.90 Å². The third-order valence-electron chi connectivity index (χ3n) is 3.24. The van der Waals surface area contributed by atoms with Gasteiger partial charge in [0.15, 0.2) is 0 Å². The number of thiophene rings is 1. The quantitative estimate of drug-likeness (QED) is 0.467. The summed E-state index contributed by atoms with van der Waals surface area (Å²) in [6.45, 7) is 1.69. The van der Waals surface area contributed by atoms with Gasteiger partial charge in [-0.2, -0.15) is 5.26 Å². The molecule has 0 saturated heterocycles. The number of ketones is 2. The monoisotopic (exact) mass is 381 g/mol. The van der Waals surface area contributed by atoms with Gasteiger partial charge in [0.25, 0.3) is 0 Å². The second kappa shape index (κ2) is 8.07. The van der Waals surface area contributed by atoms with Crippen LogP contribution in [0.3, 0.4) is 0 Å². The SMILES string of the molecule is CC(=O)Nc1sc2c(CN(C)C)c(O)ccc2c1C(=O)C(=O)C#N.Cl. The van der Waals surface area contributed by atoms with Crippen LogP contribution < -0.4 is 5.32 Å². The first kappa shape index (κ1) is 20.6. The molecule has 25 heavy (non-hydrogen) atoms. The first-order valence-corrected chi connectivity index (χ1v) is 7.76. The van der Waals surface area contributed by atoms with Crippen molar-refractivity contribution in [2.24, 2.45) is 0 Å². The lowest BCUT2D eigenvalue weighted by atomic mass is 10.0. The number of anilines is 1. The number of fused-ring (bicyclic) bond motifs is 1. The van der Waals surface area contributed by atoms with Crippen molar-refractivity contribution < 1.29 is 19.5 Å². The van der Waals surface area contributed by atoms with Gasteiger partial charge in [-0.15, -0.1) is 23.7 Å². The van der Waals surface area contributed by atoms with Crippen molar-refractivity contribution in [1.29, 1.82) is 5.26 Å². The fourth-order valence-electron chi connectivity index (χ4n) is 2.31. The molecule has 0 aliphatic rings. The van der Waals surface area contributed by atoms with Crippen LogP contribution in [-0.4, -0.2) is 41.6 Å². The molecular formula is C16H16ClN3O4S. The van der Waals surface area contributed by atoms with E-state index in [-0.39, 0.29) is 28.7 Å². The maximum atomic E-state index is 12.3. The zero-order valence-electron chi connectivity index (χ0n) is 13.7. The number of phenols is 1. The Balaban J connectivity index is 0.00000312. The number of amides is 1. The number of benzene rings is 1. The predicted molar refractivity (Wildman–Crippen MR) is 97.4 cm³/mol. The number of phenolic OH excluding ortho intramolecular Hbond substituents is 1. The van der Waals surface area contributed by atoms with Gasteiger partial charge in [0.2, 0.25) is 11.7 Å². The predicted octanol–water partition coefficient (Wildman–Crippen LogP) is 2.32. The van der Waals surface area contributed by atoms with Crippen LogP contribution in [0.5, 0.6) is 5.75 Å². The largest absolute Gasteiger partial charge is 0.508 e. The molecule has 0 spiro atoms. The molecule has 0 aliphatic heterocycles. The third kappa shape index (κ3) is 4.14. The Morgan fingerprint density at radius 3 is 2.48 bits per heavy atom. The van der Waals surface area contributed by atoms with Crippen molar-refractivity contribution in [2.75, 3.05) is 19.4 Å². The van der Waals surface area contributed by atoms with Gasteiger partial charge in [0.1, 0.15) is 16.8 Å². The topological polar surface area (TPSA) is 110 Å². The lowest BCUT2D eigenvalue weighted by molar-refractivity contribution is -0.114. The molecule has 2 N–H and O–H groups in total. The van der Waals surface area contributed by atoms with Gasteiger partial charge in [0.05, 0.1) is 5.56 Å². The Hall–Kier alpha value is -2.47. The Morgan fingerprint density at radius 2 is 1.96 bits per heavy atom. The second-order valence-electron chi connectivity index (χ2n) is 5.44. The Bertz CT molecular complexity index is 899. The number of carbonyl (C=O) groups excluding carboxylic acids is 3. The Morgan fingerprint density at radius 1 is 1.32 bits per heavy atom. The number of carbonyl (C=O) groups is 3. The summed E-state index contributed by atoms with van der Waals surface area (Å²) in [5, 5.41) is 22.0. The van der Waals surface area contributed by atoms with E-state index in [0.29, 0.717) is 22.2 Å². The molecule has 0 aliphatic carbocycles. The molecule has 0 bridgehead atoms. The fraction of sp³-hybridized carbons (Fsp3) is 0.250. The van der Waals surface area contributed by atoms with E-state index in [1.165, 1.54) is 25.1 Å². The number of rotatable bonds is 5. The molecule has 1 amide bonds. The van der Waals surface area contributed by atoms with Crippen LogP contribution in [0.4, 0.5) is 5.00 Å². The molecule has 1 aromatic heterocycles. The van der Waals surface area contributed by atoms with E-state index in [0.717, 1.165) is 11.3 Å². The van der Waals surface area contributed by atoms with Crippen LogP contribution in [0.2, 0.25) is 0 Å². The zero-order chi connectivity index (χ0) is 18.0. The number of nitriles is 1. The Kier molecular flexibility index (Phi) is 6.64. The second-order valence-corrected chi connectivity index (χ2v) is 6.46. The normalized spacial score (nSPS) is 10.2. The van der Waals surface area contributed by atoms with Crippen molar-refractivity contribution in [3.8, 4) is 11.8 Å². The van der Waals surface area contributed by atoms with Crippen LogP contribution in [0.25, 0.3) is 10.1 Å². The number of halogens is 1. The minimum Gasteiger partial charge on any atom is -0.508 e. The molecule has 0 fully saturated rings. The molecule has 7 nitrogen and oxygen atoms in total. The highest BCUT2D eigenvalue weighted by molar-refractivity contribution is 7.23. The average molecular weight is 382 g/mol. The fourth-order valence-corrected chi connectivity index (χ4v) is 3.59. The summed E-state index contributed by atoms with van der Waals surface area (Å²) in [6, 6.07) is 4.24. The minimum absolute atomic E-state index is 0. The van der Waals surface area contributed by atoms with Crippen molar-refractivity contribution >= 4 is 56.3 Å². The van der Waals surface area contributed by atoms with Gasteiger partial charge in [0, 0.05) is 29.1 Å². The number of Topliss-reactive ketones (excluding diaryl/α,β-unsaturated/α-hetero) is 2.